The number of tetrazole rings is 1. The molecule has 1 aromatic heterocycles. The summed E-state index contributed by atoms with van der Waals surface area (Å²) in [4.78, 5) is 11.6. The van der Waals surface area contributed by atoms with Gasteiger partial charge in [0.15, 0.2) is 0 Å². The van der Waals surface area contributed by atoms with Crippen LogP contribution in [-0.4, -0.2) is 26.5 Å². The quantitative estimate of drug-likeness (QED) is 0.865. The summed E-state index contributed by atoms with van der Waals surface area (Å²) in [7, 11) is 0. The second-order valence-corrected chi connectivity index (χ2v) is 4.08. The first-order valence-electron chi connectivity index (χ1n) is 6.04. The molecule has 0 fully saturated rings. The summed E-state index contributed by atoms with van der Waals surface area (Å²) in [6, 6.07) is 4.28. The Morgan fingerprint density at radius 2 is 2.32 bits per heavy atom. The van der Waals surface area contributed by atoms with Gasteiger partial charge in [0.1, 0.15) is 5.82 Å². The van der Waals surface area contributed by atoms with Crippen LogP contribution in [0.5, 0.6) is 0 Å². The number of nitrogens with zero attached hydrogens (tertiary/aromatic N) is 3. The number of carbonyl (C=O) groups is 1. The average Bonchev–Trinajstić information content (AvgIpc) is 2.93. The fourth-order valence-corrected chi connectivity index (χ4v) is 1.59. The van der Waals surface area contributed by atoms with Gasteiger partial charge in [-0.25, -0.2) is 4.39 Å². The molecule has 0 saturated carbocycles. The molecule has 1 aromatic carbocycles. The van der Waals surface area contributed by atoms with E-state index < -0.39 is 5.82 Å². The number of carbonyl (C=O) groups excluding carboxylic acids is 1. The normalized spacial score (nSPS) is 10.4. The minimum absolute atomic E-state index is 0.128. The van der Waals surface area contributed by atoms with Gasteiger partial charge in [0.25, 0.3) is 0 Å². The lowest BCUT2D eigenvalue weighted by atomic mass is 10.1. The highest BCUT2D eigenvalue weighted by Crippen LogP contribution is 2.22. The van der Waals surface area contributed by atoms with Crippen LogP contribution in [-0.2, 0) is 4.79 Å². The number of halogens is 1. The van der Waals surface area contributed by atoms with Crippen LogP contribution >= 0.6 is 0 Å². The molecule has 1 amide bonds. The van der Waals surface area contributed by atoms with E-state index in [1.807, 2.05) is 6.92 Å². The Kier molecular flexibility index (Phi) is 4.17. The zero-order chi connectivity index (χ0) is 13.7. The number of anilines is 1. The first-order valence-corrected chi connectivity index (χ1v) is 6.04. The molecular weight excluding hydrogens is 249 g/mol. The van der Waals surface area contributed by atoms with Gasteiger partial charge in [-0.05, 0) is 29.8 Å². The largest absolute Gasteiger partial charge is 0.324 e. The minimum atomic E-state index is -0.489. The van der Waals surface area contributed by atoms with Gasteiger partial charge in [0.05, 0.1) is 5.69 Å². The fourth-order valence-electron chi connectivity index (χ4n) is 1.59. The highest BCUT2D eigenvalue weighted by atomic mass is 19.1. The molecule has 2 aromatic rings. The summed E-state index contributed by atoms with van der Waals surface area (Å²) in [5.41, 5.74) is 0.712. The molecule has 2 N–H and O–H groups in total. The number of H-pyrrole nitrogens is 1. The van der Waals surface area contributed by atoms with Crippen molar-refractivity contribution in [3.63, 3.8) is 0 Å². The molecule has 0 unspecified atom stereocenters. The Morgan fingerprint density at radius 3 is 3.00 bits per heavy atom. The standard InChI is InChI=1S/C12H14FN5O/c1-2-3-4-11(19)14-10-7-8(5-6-9(10)13)12-15-17-18-16-12/h5-7H,2-4H2,1H3,(H,14,19)(H,15,16,17,18). The van der Waals surface area contributed by atoms with Crippen molar-refractivity contribution in [2.75, 3.05) is 5.32 Å². The maximum Gasteiger partial charge on any atom is 0.224 e. The van der Waals surface area contributed by atoms with Crippen LogP contribution in [0.3, 0.4) is 0 Å². The monoisotopic (exact) mass is 263 g/mol. The molecule has 0 bridgehead atoms. The average molecular weight is 263 g/mol. The second kappa shape index (κ2) is 6.03. The number of hydrogen-bond acceptors (Lipinski definition) is 4. The SMILES string of the molecule is CCCCC(=O)Nc1cc(-c2nn[nH]n2)ccc1F. The Labute approximate surface area is 109 Å². The van der Waals surface area contributed by atoms with Gasteiger partial charge in [0.2, 0.25) is 11.7 Å². The number of rotatable bonds is 5. The number of unbranched alkanes of at least 4 members (excludes halogenated alkanes) is 1. The smallest absolute Gasteiger partial charge is 0.224 e. The van der Waals surface area contributed by atoms with Crippen molar-refractivity contribution in [1.82, 2.24) is 20.6 Å². The van der Waals surface area contributed by atoms with Crippen molar-refractivity contribution in [1.29, 1.82) is 0 Å². The van der Waals surface area contributed by atoms with Crippen LogP contribution < -0.4 is 5.32 Å². The Bertz CT molecular complexity index is 555. The van der Waals surface area contributed by atoms with E-state index in [9.17, 15) is 9.18 Å². The van der Waals surface area contributed by atoms with Crippen molar-refractivity contribution in [3.8, 4) is 11.4 Å². The molecule has 6 nitrogen and oxygen atoms in total. The third kappa shape index (κ3) is 3.34. The van der Waals surface area contributed by atoms with E-state index in [0.717, 1.165) is 12.8 Å². The summed E-state index contributed by atoms with van der Waals surface area (Å²) >= 11 is 0. The van der Waals surface area contributed by atoms with E-state index in [1.165, 1.54) is 18.2 Å². The number of aromatic nitrogens is 4. The predicted octanol–water partition coefficient (Wildman–Crippen LogP) is 2.13. The van der Waals surface area contributed by atoms with Crippen molar-refractivity contribution in [2.45, 2.75) is 26.2 Å². The molecule has 0 aliphatic rings. The highest BCUT2D eigenvalue weighted by molar-refractivity contribution is 5.91. The first kappa shape index (κ1) is 13.1. The van der Waals surface area contributed by atoms with Crippen molar-refractivity contribution >= 4 is 11.6 Å². The van der Waals surface area contributed by atoms with Crippen LogP contribution in [0.1, 0.15) is 26.2 Å². The molecule has 100 valence electrons. The van der Waals surface area contributed by atoms with Crippen LogP contribution in [0, 0.1) is 5.82 Å². The van der Waals surface area contributed by atoms with E-state index in [4.69, 9.17) is 0 Å². The number of hydrogen-bond donors (Lipinski definition) is 2. The van der Waals surface area contributed by atoms with Crippen LogP contribution in [0.25, 0.3) is 11.4 Å². The zero-order valence-electron chi connectivity index (χ0n) is 10.5. The van der Waals surface area contributed by atoms with Crippen LogP contribution in [0.2, 0.25) is 0 Å². The molecule has 0 aliphatic carbocycles. The first-order chi connectivity index (χ1) is 9.20. The molecule has 19 heavy (non-hydrogen) atoms. The lowest BCUT2D eigenvalue weighted by Gasteiger charge is -2.07. The third-order valence-corrected chi connectivity index (χ3v) is 2.60. The van der Waals surface area contributed by atoms with E-state index in [0.29, 0.717) is 17.8 Å². The molecule has 0 aliphatic heterocycles. The lowest BCUT2D eigenvalue weighted by molar-refractivity contribution is -0.116. The summed E-state index contributed by atoms with van der Waals surface area (Å²) in [6.07, 6.45) is 2.07. The van der Waals surface area contributed by atoms with Gasteiger partial charge in [-0.2, -0.15) is 5.21 Å². The number of amides is 1. The third-order valence-electron chi connectivity index (χ3n) is 2.60. The molecule has 0 saturated heterocycles. The maximum atomic E-state index is 13.6. The number of aromatic amines is 1. The topological polar surface area (TPSA) is 83.6 Å². The maximum absolute atomic E-state index is 13.6. The van der Waals surface area contributed by atoms with E-state index in [-0.39, 0.29) is 11.6 Å². The predicted molar refractivity (Wildman–Crippen MR) is 67.7 cm³/mol. The van der Waals surface area contributed by atoms with Gasteiger partial charge in [0, 0.05) is 12.0 Å². The number of nitrogens with one attached hydrogen (secondary N) is 2. The van der Waals surface area contributed by atoms with Crippen LogP contribution in [0.4, 0.5) is 10.1 Å². The van der Waals surface area contributed by atoms with E-state index >= 15 is 0 Å². The molecule has 2 rings (SSSR count). The summed E-state index contributed by atoms with van der Waals surface area (Å²) in [5, 5.41) is 15.9. The van der Waals surface area contributed by atoms with Crippen LogP contribution in [0.15, 0.2) is 18.2 Å². The molecule has 7 heteroatoms. The summed E-state index contributed by atoms with van der Waals surface area (Å²) in [6.45, 7) is 1.99. The summed E-state index contributed by atoms with van der Waals surface area (Å²) in [5.74, 6) is -0.341. The van der Waals surface area contributed by atoms with E-state index in [2.05, 4.69) is 25.9 Å². The second-order valence-electron chi connectivity index (χ2n) is 4.08. The van der Waals surface area contributed by atoms with Gasteiger partial charge >= 0.3 is 0 Å². The molecule has 0 atom stereocenters. The fraction of sp³-hybridized carbons (Fsp3) is 0.333. The Balaban J connectivity index is 2.16. The summed E-state index contributed by atoms with van der Waals surface area (Å²) < 4.78 is 13.6. The molecule has 1 heterocycles. The highest BCUT2D eigenvalue weighted by Gasteiger charge is 2.10. The van der Waals surface area contributed by atoms with Crippen molar-refractivity contribution < 1.29 is 9.18 Å². The van der Waals surface area contributed by atoms with Gasteiger partial charge in [-0.3, -0.25) is 4.79 Å². The van der Waals surface area contributed by atoms with Gasteiger partial charge < -0.3 is 5.32 Å². The molecule has 0 spiro atoms. The minimum Gasteiger partial charge on any atom is -0.324 e. The van der Waals surface area contributed by atoms with Gasteiger partial charge in [-0.15, -0.1) is 10.2 Å². The van der Waals surface area contributed by atoms with E-state index in [1.54, 1.807) is 0 Å². The van der Waals surface area contributed by atoms with Crippen molar-refractivity contribution in [2.24, 2.45) is 0 Å². The Morgan fingerprint density at radius 1 is 1.47 bits per heavy atom. The van der Waals surface area contributed by atoms with Crippen molar-refractivity contribution in [3.05, 3.63) is 24.0 Å². The van der Waals surface area contributed by atoms with Gasteiger partial charge in [-0.1, -0.05) is 13.3 Å². The molecular formula is C12H14FN5O. The Hall–Kier alpha value is -2.31. The zero-order valence-corrected chi connectivity index (χ0v) is 10.5. The number of benzene rings is 1. The molecule has 0 radical (unpaired) electrons. The lowest BCUT2D eigenvalue weighted by Crippen LogP contribution is -2.12.